The van der Waals surface area contributed by atoms with Gasteiger partial charge < -0.3 is 54.7 Å². The lowest BCUT2D eigenvalue weighted by molar-refractivity contribution is -0.440. The number of hydrogen-bond acceptors (Lipinski definition) is 11. The molecule has 48 heavy (non-hydrogen) atoms. The van der Waals surface area contributed by atoms with E-state index in [1.165, 1.54) is 0 Å². The van der Waals surface area contributed by atoms with Crippen molar-refractivity contribution in [1.82, 2.24) is 0 Å². The molecule has 11 nitrogen and oxygen atoms in total. The van der Waals surface area contributed by atoms with Crippen molar-refractivity contribution in [3.63, 3.8) is 0 Å². The van der Waals surface area contributed by atoms with Crippen LogP contribution in [0.15, 0.2) is 0 Å². The third-order valence-corrected chi connectivity index (χ3v) is 7.63. The molecule has 0 aromatic rings. The molecule has 2 rings (SSSR count). The maximum Gasteiger partial charge on any atom is 0.460 e. The Balaban J connectivity index is 1.89. The highest BCUT2D eigenvalue weighted by Gasteiger charge is 2.90. The van der Waals surface area contributed by atoms with E-state index >= 15 is 0 Å². The van der Waals surface area contributed by atoms with E-state index in [4.69, 9.17) is 18.9 Å². The van der Waals surface area contributed by atoms with Gasteiger partial charge in [0.1, 0.15) is 48.8 Å². The van der Waals surface area contributed by atoms with Crippen LogP contribution in [-0.4, -0.2) is 153 Å². The molecule has 2 heterocycles. The number of hydrogen-bond donors (Lipinski definition) is 7. The van der Waals surface area contributed by atoms with Gasteiger partial charge >= 0.3 is 35.8 Å². The molecule has 0 spiro atoms. The lowest BCUT2D eigenvalue weighted by Crippen LogP contribution is -2.70. The zero-order valence-electron chi connectivity index (χ0n) is 24.1. The van der Waals surface area contributed by atoms with E-state index in [1.807, 2.05) is 0 Å². The van der Waals surface area contributed by atoms with Gasteiger partial charge in [-0.1, -0.05) is 12.8 Å². The largest absolute Gasteiger partial charge is 0.460 e. The molecule has 24 heteroatoms. The van der Waals surface area contributed by atoms with Crippen LogP contribution in [0.4, 0.5) is 57.1 Å². The van der Waals surface area contributed by atoms with E-state index in [1.54, 1.807) is 0 Å². The van der Waals surface area contributed by atoms with Gasteiger partial charge in [-0.05, 0) is 12.8 Å². The van der Waals surface area contributed by atoms with Gasteiger partial charge in [-0.3, -0.25) is 0 Å². The third kappa shape index (κ3) is 8.07. The molecular formula is C24H33F13O11. The fourth-order valence-electron chi connectivity index (χ4n) is 4.65. The van der Waals surface area contributed by atoms with Crippen molar-refractivity contribution in [2.45, 2.75) is 129 Å². The molecular weight excluding hydrogens is 711 g/mol. The molecule has 0 saturated carbocycles. The predicted molar refractivity (Wildman–Crippen MR) is 126 cm³/mol. The molecule has 10 atom stereocenters. The number of aliphatic hydroxyl groups is 7. The van der Waals surface area contributed by atoms with Gasteiger partial charge in [0.2, 0.25) is 0 Å². The fourth-order valence-corrected chi connectivity index (χ4v) is 4.65. The predicted octanol–water partition coefficient (Wildman–Crippen LogP) is 1.32. The average molecular weight is 744 g/mol. The van der Waals surface area contributed by atoms with Gasteiger partial charge in [0.05, 0.1) is 13.2 Å². The van der Waals surface area contributed by atoms with Crippen LogP contribution in [-0.2, 0) is 18.9 Å². The second-order valence-corrected chi connectivity index (χ2v) is 11.0. The summed E-state index contributed by atoms with van der Waals surface area (Å²) in [6, 6.07) is 0. The van der Waals surface area contributed by atoms with Gasteiger partial charge in [-0.25, -0.2) is 0 Å². The molecule has 2 aliphatic rings. The summed E-state index contributed by atoms with van der Waals surface area (Å²) in [5.74, 6) is -37.2. The molecule has 0 amide bonds. The van der Waals surface area contributed by atoms with Crippen LogP contribution < -0.4 is 0 Å². The van der Waals surface area contributed by atoms with Crippen LogP contribution >= 0.6 is 0 Å². The molecule has 2 fully saturated rings. The Morgan fingerprint density at radius 1 is 0.500 bits per heavy atom. The number of unbranched alkanes of at least 4 members (excludes halogenated alkanes) is 3. The van der Waals surface area contributed by atoms with Crippen molar-refractivity contribution < 1.29 is 112 Å². The van der Waals surface area contributed by atoms with Crippen LogP contribution in [0.1, 0.15) is 32.1 Å². The summed E-state index contributed by atoms with van der Waals surface area (Å²) in [6.07, 6.45) is -29.7. The van der Waals surface area contributed by atoms with Gasteiger partial charge in [-0.15, -0.1) is 0 Å². The first-order valence-corrected chi connectivity index (χ1v) is 13.9. The highest BCUT2D eigenvalue weighted by Crippen LogP contribution is 2.60. The Kier molecular flexibility index (Phi) is 13.8. The summed E-state index contributed by atoms with van der Waals surface area (Å²) < 4.78 is 192. The van der Waals surface area contributed by atoms with Crippen molar-refractivity contribution >= 4 is 0 Å². The summed E-state index contributed by atoms with van der Waals surface area (Å²) in [5, 5.41) is 69.6. The summed E-state index contributed by atoms with van der Waals surface area (Å²) >= 11 is 0. The quantitative estimate of drug-likeness (QED) is 0.0896. The lowest BCUT2D eigenvalue weighted by Gasteiger charge is -2.45. The average Bonchev–Trinajstić information content (AvgIpc) is 2.98. The van der Waals surface area contributed by atoms with Crippen LogP contribution in [0, 0.1) is 0 Å². The first-order chi connectivity index (χ1) is 21.7. The zero-order valence-corrected chi connectivity index (χ0v) is 24.1. The number of halogens is 13. The van der Waals surface area contributed by atoms with E-state index in [9.17, 15) is 92.8 Å². The molecule has 0 unspecified atom stereocenters. The van der Waals surface area contributed by atoms with Crippen molar-refractivity contribution in [2.75, 3.05) is 19.8 Å². The van der Waals surface area contributed by atoms with E-state index in [-0.39, 0.29) is 12.8 Å². The Bertz CT molecular complexity index is 1020. The van der Waals surface area contributed by atoms with Crippen LogP contribution in [0.5, 0.6) is 0 Å². The SMILES string of the molecule is OC[C@H]1O[C@@H](O[C@H]2[C@H](O)[C@@H](O)[C@H](OCCCCCCC(F)(F)C(F)(F)C(F)(F)C(F)(F)C(F)(F)C(F)(F)F)O[C@@H]2CO)[C@H](O)[C@@H](O)[C@H]1O. The summed E-state index contributed by atoms with van der Waals surface area (Å²) in [6.45, 7) is -2.23. The van der Waals surface area contributed by atoms with Crippen LogP contribution in [0.2, 0.25) is 0 Å². The standard InChI is InChI=1S/C24H33F13O11/c25-19(26,20(27,28)21(29,30)22(31,32)23(33,34)24(35,36)37)5-3-1-2-4-6-45-17-15(44)13(42)16(10(8-39)47-17)48-18-14(43)12(41)11(40)9(7-38)46-18/h9-18,38-44H,1-8H2/t9-,10-,11+,12+,13-,14-,15-,16-,17-,18+/m1/s1. The first-order valence-electron chi connectivity index (χ1n) is 13.9. The Morgan fingerprint density at radius 2 is 0.979 bits per heavy atom. The third-order valence-electron chi connectivity index (χ3n) is 7.63. The molecule has 0 aliphatic carbocycles. The molecule has 0 aromatic heterocycles. The minimum atomic E-state index is -7.97. The van der Waals surface area contributed by atoms with Gasteiger partial charge in [0, 0.05) is 13.0 Å². The summed E-state index contributed by atoms with van der Waals surface area (Å²) in [4.78, 5) is 0. The van der Waals surface area contributed by atoms with Gasteiger partial charge in [-0.2, -0.15) is 57.1 Å². The fraction of sp³-hybridized carbons (Fsp3) is 1.00. The van der Waals surface area contributed by atoms with Crippen LogP contribution in [0.3, 0.4) is 0 Å². The van der Waals surface area contributed by atoms with Crippen molar-refractivity contribution in [2.24, 2.45) is 0 Å². The van der Waals surface area contributed by atoms with Gasteiger partial charge in [0.25, 0.3) is 0 Å². The normalized spacial score (nSPS) is 33.2. The molecule has 0 radical (unpaired) electrons. The monoisotopic (exact) mass is 744 g/mol. The second-order valence-electron chi connectivity index (χ2n) is 11.0. The minimum absolute atomic E-state index is 0.203. The summed E-state index contributed by atoms with van der Waals surface area (Å²) in [5.41, 5.74) is 0. The van der Waals surface area contributed by atoms with E-state index in [2.05, 4.69) is 0 Å². The first kappa shape index (κ1) is 42.8. The van der Waals surface area contributed by atoms with Crippen molar-refractivity contribution in [3.05, 3.63) is 0 Å². The second kappa shape index (κ2) is 15.5. The highest BCUT2D eigenvalue weighted by molar-refractivity contribution is 5.10. The highest BCUT2D eigenvalue weighted by atomic mass is 19.4. The Hall–Kier alpha value is -1.35. The zero-order chi connectivity index (χ0) is 37.3. The molecule has 286 valence electrons. The van der Waals surface area contributed by atoms with Crippen molar-refractivity contribution in [1.29, 1.82) is 0 Å². The van der Waals surface area contributed by atoms with Crippen LogP contribution in [0.25, 0.3) is 0 Å². The molecule has 2 saturated heterocycles. The molecule has 0 bridgehead atoms. The Labute approximate surface area is 261 Å². The van der Waals surface area contributed by atoms with E-state index in [0.29, 0.717) is 0 Å². The topological polar surface area (TPSA) is 179 Å². The Morgan fingerprint density at radius 3 is 1.50 bits per heavy atom. The maximum atomic E-state index is 13.9. The maximum absolute atomic E-state index is 13.9. The number of rotatable bonds is 16. The molecule has 7 N–H and O–H groups in total. The number of alkyl halides is 13. The summed E-state index contributed by atoms with van der Waals surface area (Å²) in [7, 11) is 0. The van der Waals surface area contributed by atoms with Gasteiger partial charge in [0.15, 0.2) is 12.6 Å². The molecule has 2 aliphatic heterocycles. The number of ether oxygens (including phenoxy) is 4. The smallest absolute Gasteiger partial charge is 0.394 e. The minimum Gasteiger partial charge on any atom is -0.394 e. The van der Waals surface area contributed by atoms with Crippen molar-refractivity contribution in [3.8, 4) is 0 Å². The molecule has 0 aromatic carbocycles. The number of aliphatic hydroxyl groups excluding tert-OH is 7. The van der Waals surface area contributed by atoms with E-state index < -0.39 is 136 Å². The lowest BCUT2D eigenvalue weighted by atomic mass is 9.91. The van der Waals surface area contributed by atoms with E-state index in [0.717, 1.165) is 0 Å².